The van der Waals surface area contributed by atoms with Crippen LogP contribution in [0, 0.1) is 0 Å². The molecule has 2 heterocycles. The largest absolute Gasteiger partial charge is 0.397 e. The first-order valence-corrected chi connectivity index (χ1v) is 7.18. The molecule has 102 valence electrons. The van der Waals surface area contributed by atoms with E-state index in [9.17, 15) is 4.79 Å². The molecule has 1 aromatic rings. The van der Waals surface area contributed by atoms with Crippen LogP contribution >= 0.6 is 0 Å². The van der Waals surface area contributed by atoms with Gasteiger partial charge in [0.15, 0.2) is 0 Å². The summed E-state index contributed by atoms with van der Waals surface area (Å²) in [6.07, 6.45) is 5.05. The first kappa shape index (κ1) is 12.3. The highest BCUT2D eigenvalue weighted by Crippen LogP contribution is 2.37. The third-order valence-electron chi connectivity index (χ3n) is 4.31. The Balaban J connectivity index is 1.96. The zero-order chi connectivity index (χ0) is 13.4. The van der Waals surface area contributed by atoms with E-state index in [2.05, 4.69) is 23.2 Å². The highest BCUT2D eigenvalue weighted by Gasteiger charge is 2.26. The Morgan fingerprint density at radius 1 is 1.42 bits per heavy atom. The normalized spacial score (nSPS) is 22.3. The molecule has 4 nitrogen and oxygen atoms in total. The molecule has 0 aliphatic carbocycles. The van der Waals surface area contributed by atoms with Crippen molar-refractivity contribution in [1.29, 1.82) is 0 Å². The third kappa shape index (κ3) is 2.15. The molecule has 1 fully saturated rings. The average Bonchev–Trinajstić information content (AvgIpc) is 2.86. The first-order chi connectivity index (χ1) is 9.19. The summed E-state index contributed by atoms with van der Waals surface area (Å²) in [5.74, 6) is 0.0901. The lowest BCUT2D eigenvalue weighted by molar-refractivity contribution is -0.116. The second-order valence-corrected chi connectivity index (χ2v) is 5.51. The van der Waals surface area contributed by atoms with Crippen LogP contribution < -0.4 is 16.0 Å². The summed E-state index contributed by atoms with van der Waals surface area (Å²) in [6.45, 7) is 3.33. The number of nitrogens with zero attached hydrogens (tertiary/aromatic N) is 1. The van der Waals surface area contributed by atoms with Gasteiger partial charge in [-0.25, -0.2) is 0 Å². The number of carbonyl (C=O) groups excluding carboxylic acids is 1. The molecule has 0 radical (unpaired) electrons. The van der Waals surface area contributed by atoms with E-state index in [4.69, 9.17) is 5.73 Å². The Bertz CT molecular complexity index is 512. The van der Waals surface area contributed by atoms with Gasteiger partial charge in [0.2, 0.25) is 5.91 Å². The van der Waals surface area contributed by atoms with E-state index in [0.29, 0.717) is 12.5 Å². The summed E-state index contributed by atoms with van der Waals surface area (Å²) in [6, 6.07) is 4.71. The summed E-state index contributed by atoms with van der Waals surface area (Å²) >= 11 is 0. The van der Waals surface area contributed by atoms with Gasteiger partial charge in [-0.15, -0.1) is 0 Å². The van der Waals surface area contributed by atoms with E-state index in [1.165, 1.54) is 18.4 Å². The van der Waals surface area contributed by atoms with Gasteiger partial charge in [0.1, 0.15) is 0 Å². The predicted molar refractivity (Wildman–Crippen MR) is 78.5 cm³/mol. The number of aryl methyl sites for hydroxylation is 1. The molecule has 3 N–H and O–H groups in total. The number of carbonyl (C=O) groups is 1. The van der Waals surface area contributed by atoms with Gasteiger partial charge >= 0.3 is 0 Å². The highest BCUT2D eigenvalue weighted by molar-refractivity contribution is 5.95. The van der Waals surface area contributed by atoms with E-state index < -0.39 is 0 Å². The van der Waals surface area contributed by atoms with Crippen LogP contribution in [0.3, 0.4) is 0 Å². The zero-order valence-electron chi connectivity index (χ0n) is 11.4. The van der Waals surface area contributed by atoms with Crippen LogP contribution in [0.1, 0.15) is 38.2 Å². The van der Waals surface area contributed by atoms with E-state index >= 15 is 0 Å². The van der Waals surface area contributed by atoms with Crippen molar-refractivity contribution in [2.45, 2.75) is 45.1 Å². The number of rotatable bonds is 2. The number of nitrogens with two attached hydrogens (primary N) is 1. The van der Waals surface area contributed by atoms with Crippen LogP contribution in [0.5, 0.6) is 0 Å². The second-order valence-electron chi connectivity index (χ2n) is 5.51. The summed E-state index contributed by atoms with van der Waals surface area (Å²) in [5, 5.41) is 2.91. The van der Waals surface area contributed by atoms with Gasteiger partial charge in [-0.3, -0.25) is 4.79 Å². The van der Waals surface area contributed by atoms with E-state index in [-0.39, 0.29) is 5.91 Å². The van der Waals surface area contributed by atoms with Gasteiger partial charge in [-0.05, 0) is 43.4 Å². The van der Waals surface area contributed by atoms with Crippen molar-refractivity contribution in [2.75, 3.05) is 22.5 Å². The topological polar surface area (TPSA) is 58.4 Å². The number of hydrogen-bond acceptors (Lipinski definition) is 3. The Kier molecular flexibility index (Phi) is 3.09. The molecule has 3 rings (SSSR count). The maximum Gasteiger partial charge on any atom is 0.224 e. The molecule has 1 aromatic carbocycles. The molecule has 0 bridgehead atoms. The van der Waals surface area contributed by atoms with Crippen molar-refractivity contribution in [3.05, 3.63) is 17.7 Å². The predicted octanol–water partition coefficient (Wildman–Crippen LogP) is 2.53. The lowest BCUT2D eigenvalue weighted by atomic mass is 10.0. The summed E-state index contributed by atoms with van der Waals surface area (Å²) < 4.78 is 0. The van der Waals surface area contributed by atoms with Crippen LogP contribution in [0.2, 0.25) is 0 Å². The molecule has 4 heteroatoms. The van der Waals surface area contributed by atoms with Gasteiger partial charge in [-0.1, -0.05) is 6.92 Å². The molecule has 0 spiro atoms. The van der Waals surface area contributed by atoms with Gasteiger partial charge in [-0.2, -0.15) is 0 Å². The van der Waals surface area contributed by atoms with Crippen molar-refractivity contribution in [1.82, 2.24) is 0 Å². The van der Waals surface area contributed by atoms with E-state index in [1.54, 1.807) is 0 Å². The number of benzene rings is 1. The molecule has 0 aromatic heterocycles. The molecule has 1 saturated heterocycles. The van der Waals surface area contributed by atoms with Crippen molar-refractivity contribution >= 4 is 23.0 Å². The molecular weight excluding hydrogens is 238 g/mol. The highest BCUT2D eigenvalue weighted by atomic mass is 16.1. The maximum absolute atomic E-state index is 11.4. The van der Waals surface area contributed by atoms with Crippen LogP contribution in [0.4, 0.5) is 17.1 Å². The number of nitrogens with one attached hydrogen (secondary N) is 1. The molecule has 1 amide bonds. The van der Waals surface area contributed by atoms with E-state index in [1.807, 2.05) is 6.07 Å². The van der Waals surface area contributed by atoms with Gasteiger partial charge in [0.05, 0.1) is 11.4 Å². The Morgan fingerprint density at radius 3 is 3.05 bits per heavy atom. The smallest absolute Gasteiger partial charge is 0.224 e. The molecule has 0 saturated carbocycles. The maximum atomic E-state index is 11.4. The third-order valence-corrected chi connectivity index (χ3v) is 4.31. The minimum absolute atomic E-state index is 0.0901. The molecule has 19 heavy (non-hydrogen) atoms. The average molecular weight is 259 g/mol. The number of fused-ring (bicyclic) bond motifs is 1. The number of nitrogen functional groups attached to an aromatic ring is 1. The minimum atomic E-state index is 0.0901. The summed E-state index contributed by atoms with van der Waals surface area (Å²) in [4.78, 5) is 13.9. The Hall–Kier alpha value is -1.71. The van der Waals surface area contributed by atoms with Crippen LogP contribution in [-0.2, 0) is 11.2 Å². The lowest BCUT2D eigenvalue weighted by Crippen LogP contribution is -2.29. The quantitative estimate of drug-likeness (QED) is 0.802. The van der Waals surface area contributed by atoms with Crippen LogP contribution in [0.25, 0.3) is 0 Å². The van der Waals surface area contributed by atoms with Crippen molar-refractivity contribution in [3.8, 4) is 0 Å². The summed E-state index contributed by atoms with van der Waals surface area (Å²) in [5.41, 5.74) is 10.2. The Morgan fingerprint density at radius 2 is 2.26 bits per heavy atom. The van der Waals surface area contributed by atoms with Gasteiger partial charge < -0.3 is 16.0 Å². The van der Waals surface area contributed by atoms with Gasteiger partial charge in [0, 0.05) is 24.7 Å². The number of hydrogen-bond donors (Lipinski definition) is 2. The molecule has 1 unspecified atom stereocenters. The fraction of sp³-hybridized carbons (Fsp3) is 0.533. The van der Waals surface area contributed by atoms with Gasteiger partial charge in [0.25, 0.3) is 0 Å². The van der Waals surface area contributed by atoms with Crippen molar-refractivity contribution < 1.29 is 4.79 Å². The van der Waals surface area contributed by atoms with E-state index in [0.717, 1.165) is 36.4 Å². The number of amides is 1. The molecule has 1 atom stereocenters. The second kappa shape index (κ2) is 4.76. The minimum Gasteiger partial charge on any atom is -0.397 e. The molecule has 2 aliphatic rings. The lowest BCUT2D eigenvalue weighted by Gasteiger charge is -2.29. The van der Waals surface area contributed by atoms with Crippen LogP contribution in [-0.4, -0.2) is 18.5 Å². The fourth-order valence-corrected chi connectivity index (χ4v) is 3.26. The zero-order valence-corrected chi connectivity index (χ0v) is 11.4. The Labute approximate surface area is 114 Å². The summed E-state index contributed by atoms with van der Waals surface area (Å²) in [7, 11) is 0. The molecular formula is C15H21N3O. The first-order valence-electron chi connectivity index (χ1n) is 7.18. The molecule has 2 aliphatic heterocycles. The fourth-order valence-electron chi connectivity index (χ4n) is 3.26. The van der Waals surface area contributed by atoms with Crippen molar-refractivity contribution in [2.24, 2.45) is 0 Å². The monoisotopic (exact) mass is 259 g/mol. The van der Waals surface area contributed by atoms with Crippen molar-refractivity contribution in [3.63, 3.8) is 0 Å². The number of anilines is 3. The van der Waals surface area contributed by atoms with Crippen LogP contribution in [0.15, 0.2) is 12.1 Å². The standard InChI is InChI=1S/C15H21N3O/c1-2-11-4-3-7-18(11)14-8-10-5-6-15(19)17-13(10)9-12(14)16/h8-9,11H,2-7,16H2,1H3,(H,17,19). The SMILES string of the molecule is CCC1CCCN1c1cc2c(cc1N)NC(=O)CC2.